The molecule has 0 bridgehead atoms. The van der Waals surface area contributed by atoms with E-state index in [1.54, 1.807) is 0 Å². The number of ether oxygens (including phenoxy) is 2. The fourth-order valence-corrected chi connectivity index (χ4v) is 10.3. The maximum Gasteiger partial charge on any atom is 0.216 e. The summed E-state index contributed by atoms with van der Waals surface area (Å²) in [6, 6.07) is 27.2. The molecule has 0 amide bonds. The summed E-state index contributed by atoms with van der Waals surface area (Å²) in [7, 11) is 0. The second kappa shape index (κ2) is 13.9. The minimum atomic E-state index is -0.244. The Morgan fingerprint density at radius 2 is 1.50 bits per heavy atom. The lowest BCUT2D eigenvalue weighted by atomic mass is 9.72. The van der Waals surface area contributed by atoms with E-state index in [1.165, 1.54) is 81.8 Å². The Morgan fingerprint density at radius 3 is 2.19 bits per heavy atom. The van der Waals surface area contributed by atoms with Crippen molar-refractivity contribution in [2.45, 2.75) is 136 Å². The van der Waals surface area contributed by atoms with Gasteiger partial charge in [-0.15, -0.1) is 0 Å². The predicted molar refractivity (Wildman–Crippen MR) is 242 cm³/mol. The van der Waals surface area contributed by atoms with Gasteiger partial charge in [0.2, 0.25) is 5.90 Å². The van der Waals surface area contributed by atoms with Crippen LogP contribution >= 0.6 is 0 Å². The number of aliphatic imine (C=N–C) groups is 1. The number of rotatable bonds is 7. The number of pyridine rings is 1. The van der Waals surface area contributed by atoms with Crippen LogP contribution in [0.25, 0.3) is 38.8 Å². The van der Waals surface area contributed by atoms with E-state index in [9.17, 15) is 0 Å². The molecule has 0 saturated heterocycles. The van der Waals surface area contributed by atoms with Crippen LogP contribution in [-0.2, 0) is 15.6 Å². The smallest absolute Gasteiger partial charge is 0.216 e. The van der Waals surface area contributed by atoms with Gasteiger partial charge < -0.3 is 9.47 Å². The van der Waals surface area contributed by atoms with Gasteiger partial charge in [-0.2, -0.15) is 0 Å². The Balaban J connectivity index is 1.23. The molecule has 3 aliphatic rings. The maximum absolute atomic E-state index is 7.17. The highest BCUT2D eigenvalue weighted by Gasteiger charge is 2.41. The van der Waals surface area contributed by atoms with Crippen molar-refractivity contribution >= 4 is 27.8 Å². The van der Waals surface area contributed by atoms with Crippen LogP contribution in [0.1, 0.15) is 152 Å². The minimum Gasteiger partial charge on any atom is -0.475 e. The molecule has 1 atom stereocenters. The first-order valence-electron chi connectivity index (χ1n) is 21.8. The SMILES string of the molecule is Cc1cc2c(cc1Oc1cc(C3=N[C@](C)(C4CCCCC4)CO3)cc(-c3c(C(C)C)cccc3C(C)C)c1)-n1c3ncccc3c3cc(C(C)(C)C)cc(c31)C2(C)C. The van der Waals surface area contributed by atoms with Gasteiger partial charge in [-0.3, -0.25) is 4.57 Å². The lowest BCUT2D eigenvalue weighted by Crippen LogP contribution is -2.35. The first-order valence-corrected chi connectivity index (χ1v) is 21.8. The van der Waals surface area contributed by atoms with Crippen molar-refractivity contribution in [1.82, 2.24) is 9.55 Å². The Hall–Kier alpha value is -4.90. The lowest BCUT2D eigenvalue weighted by molar-refractivity contribution is 0.170. The molecular weight excluding hydrogens is 711 g/mol. The third-order valence-electron chi connectivity index (χ3n) is 13.8. The summed E-state index contributed by atoms with van der Waals surface area (Å²) >= 11 is 0. The zero-order chi connectivity index (χ0) is 40.9. The van der Waals surface area contributed by atoms with Crippen LogP contribution in [0.4, 0.5) is 0 Å². The molecule has 0 radical (unpaired) electrons. The molecular formula is C53H61N3O2. The third-order valence-corrected chi connectivity index (χ3v) is 13.8. The fourth-order valence-electron chi connectivity index (χ4n) is 10.3. The molecule has 4 heterocycles. The molecule has 4 aromatic carbocycles. The Bertz CT molecular complexity index is 2600. The molecule has 1 saturated carbocycles. The molecule has 58 heavy (non-hydrogen) atoms. The van der Waals surface area contributed by atoms with E-state index in [4.69, 9.17) is 19.5 Å². The molecule has 300 valence electrons. The zero-order valence-electron chi connectivity index (χ0n) is 36.6. The van der Waals surface area contributed by atoms with Crippen molar-refractivity contribution in [1.29, 1.82) is 0 Å². The monoisotopic (exact) mass is 771 g/mol. The molecule has 5 nitrogen and oxygen atoms in total. The van der Waals surface area contributed by atoms with Crippen molar-refractivity contribution in [3.05, 3.63) is 118 Å². The van der Waals surface area contributed by atoms with Crippen molar-refractivity contribution in [3.8, 4) is 28.3 Å². The summed E-state index contributed by atoms with van der Waals surface area (Å²) in [5.74, 6) is 3.60. The van der Waals surface area contributed by atoms with Gasteiger partial charge in [0.15, 0.2) is 0 Å². The van der Waals surface area contributed by atoms with Gasteiger partial charge in [-0.25, -0.2) is 9.98 Å². The van der Waals surface area contributed by atoms with E-state index >= 15 is 0 Å². The number of nitrogens with zero attached hydrogens (tertiary/aromatic N) is 3. The Morgan fingerprint density at radius 1 is 0.793 bits per heavy atom. The second-order valence-electron chi connectivity index (χ2n) is 20.0. The average Bonchev–Trinajstić information content (AvgIpc) is 3.76. The highest BCUT2D eigenvalue weighted by molar-refractivity contribution is 6.10. The van der Waals surface area contributed by atoms with E-state index in [-0.39, 0.29) is 16.4 Å². The molecule has 5 heteroatoms. The summed E-state index contributed by atoms with van der Waals surface area (Å²) in [6.45, 7) is 26.0. The normalized spacial score (nSPS) is 19.2. The van der Waals surface area contributed by atoms with Gasteiger partial charge in [0.05, 0.1) is 16.7 Å². The van der Waals surface area contributed by atoms with E-state index < -0.39 is 0 Å². The molecule has 0 spiro atoms. The van der Waals surface area contributed by atoms with Crippen LogP contribution in [-0.4, -0.2) is 27.6 Å². The molecule has 0 unspecified atom stereocenters. The summed E-state index contributed by atoms with van der Waals surface area (Å²) in [5, 5.41) is 2.43. The van der Waals surface area contributed by atoms with Crippen LogP contribution < -0.4 is 4.74 Å². The molecule has 1 fully saturated rings. The third kappa shape index (κ3) is 6.26. The number of aromatic nitrogens is 2. The molecule has 6 aromatic rings. The standard InChI is InChI=1S/C53H61N3O2/c1-31(2)39-19-15-20-40(32(3)4)47(39)34-24-35(50-55-53(11,30-57-50)36-17-13-12-14-18-36)26-38(25-34)58-46-29-45-43(23-33(46)5)52(9,10)44-28-37(51(6,7)8)27-42-41-21-16-22-54-49(41)56(45)48(42)44/h15-16,19-29,31-32,36H,12-14,17-18,30H2,1-11H3/t53-/m0/s1. The number of aryl methyl sites for hydroxylation is 1. The fraction of sp³-hybridized carbons (Fsp3) is 0.434. The Kier molecular flexibility index (Phi) is 9.22. The largest absolute Gasteiger partial charge is 0.475 e. The van der Waals surface area contributed by atoms with Crippen LogP contribution in [0.3, 0.4) is 0 Å². The number of hydrogen-bond donors (Lipinski definition) is 0. The molecule has 2 aliphatic heterocycles. The summed E-state index contributed by atoms with van der Waals surface area (Å²) in [4.78, 5) is 10.4. The van der Waals surface area contributed by atoms with Gasteiger partial charge in [0.25, 0.3) is 0 Å². The van der Waals surface area contributed by atoms with Gasteiger partial charge in [0, 0.05) is 34.0 Å². The summed E-state index contributed by atoms with van der Waals surface area (Å²) < 4.78 is 16.1. The van der Waals surface area contributed by atoms with Gasteiger partial charge in [-0.1, -0.05) is 106 Å². The minimum absolute atomic E-state index is 0.00784. The molecule has 9 rings (SSSR count). The Labute approximate surface area is 345 Å². The molecule has 2 aromatic heterocycles. The lowest BCUT2D eigenvalue weighted by Gasteiger charge is -2.36. The van der Waals surface area contributed by atoms with Crippen LogP contribution in [0, 0.1) is 12.8 Å². The van der Waals surface area contributed by atoms with Crippen LogP contribution in [0.5, 0.6) is 11.5 Å². The van der Waals surface area contributed by atoms with Crippen molar-refractivity contribution < 1.29 is 9.47 Å². The predicted octanol–water partition coefficient (Wildman–Crippen LogP) is 14.2. The maximum atomic E-state index is 7.17. The van der Waals surface area contributed by atoms with Gasteiger partial charge in [-0.05, 0) is 137 Å². The van der Waals surface area contributed by atoms with Crippen molar-refractivity contribution in [2.75, 3.05) is 6.61 Å². The second-order valence-corrected chi connectivity index (χ2v) is 20.0. The van der Waals surface area contributed by atoms with Gasteiger partial charge in [0.1, 0.15) is 23.8 Å². The summed E-state index contributed by atoms with van der Waals surface area (Å²) in [6.07, 6.45) is 8.25. The highest BCUT2D eigenvalue weighted by atomic mass is 16.5. The quantitative estimate of drug-likeness (QED) is 0.162. The number of benzene rings is 4. The average molecular weight is 772 g/mol. The van der Waals surface area contributed by atoms with Gasteiger partial charge >= 0.3 is 0 Å². The zero-order valence-corrected chi connectivity index (χ0v) is 36.6. The summed E-state index contributed by atoms with van der Waals surface area (Å²) in [5.41, 5.74) is 14.0. The van der Waals surface area contributed by atoms with Crippen LogP contribution in [0.2, 0.25) is 0 Å². The number of hydrogen-bond acceptors (Lipinski definition) is 4. The van der Waals surface area contributed by atoms with E-state index in [1.807, 2.05) is 6.20 Å². The van der Waals surface area contributed by atoms with E-state index in [0.717, 1.165) is 45.4 Å². The molecule has 0 N–H and O–H groups in total. The van der Waals surface area contributed by atoms with Crippen molar-refractivity contribution in [3.63, 3.8) is 0 Å². The van der Waals surface area contributed by atoms with E-state index in [2.05, 4.69) is 154 Å². The first kappa shape index (κ1) is 38.6. The van der Waals surface area contributed by atoms with Crippen molar-refractivity contribution in [2.24, 2.45) is 10.9 Å². The topological polar surface area (TPSA) is 48.6 Å². The molecule has 1 aliphatic carbocycles. The highest BCUT2D eigenvalue weighted by Crippen LogP contribution is 2.51. The van der Waals surface area contributed by atoms with E-state index in [0.29, 0.717) is 24.4 Å². The number of fused-ring (bicyclic) bond motifs is 5. The first-order chi connectivity index (χ1) is 27.5. The van der Waals surface area contributed by atoms with Crippen LogP contribution in [0.15, 0.2) is 84.0 Å².